The highest BCUT2D eigenvalue weighted by Crippen LogP contribution is 2.34. The van der Waals surface area contributed by atoms with Crippen molar-refractivity contribution < 1.29 is 0 Å². The quantitative estimate of drug-likeness (QED) is 0.605. The average molecular weight is 289 g/mol. The maximum atomic E-state index is 3.51. The van der Waals surface area contributed by atoms with Gasteiger partial charge >= 0.3 is 0 Å². The van der Waals surface area contributed by atoms with E-state index in [1.54, 1.807) is 0 Å². The van der Waals surface area contributed by atoms with Gasteiger partial charge in [-0.25, -0.2) is 0 Å². The number of rotatable bonds is 2. The van der Waals surface area contributed by atoms with E-state index in [2.05, 4.69) is 89.0 Å². The minimum absolute atomic E-state index is 1.18. The van der Waals surface area contributed by atoms with Crippen molar-refractivity contribution in [3.63, 3.8) is 0 Å². The van der Waals surface area contributed by atoms with E-state index < -0.39 is 8.07 Å². The number of hydrogen-bond donors (Lipinski definition) is 0. The van der Waals surface area contributed by atoms with Crippen molar-refractivity contribution in [2.45, 2.75) is 33.5 Å². The second-order valence-electron chi connectivity index (χ2n) is 6.85. The van der Waals surface area contributed by atoms with Crippen LogP contribution in [0, 0.1) is 25.3 Å². The van der Waals surface area contributed by atoms with E-state index in [9.17, 15) is 0 Å². The second-order valence-corrected chi connectivity index (χ2v) is 11.6. The highest BCUT2D eigenvalue weighted by molar-refractivity contribution is 6.83. The van der Waals surface area contributed by atoms with Gasteiger partial charge in [0.2, 0.25) is 0 Å². The van der Waals surface area contributed by atoms with Crippen LogP contribution < -0.4 is 9.80 Å². The van der Waals surface area contributed by atoms with E-state index in [-0.39, 0.29) is 0 Å². The summed E-state index contributed by atoms with van der Waals surface area (Å²) in [7, 11) is 6.99. The van der Waals surface area contributed by atoms with Gasteiger partial charge in [0, 0.05) is 28.2 Å². The summed E-state index contributed by atoms with van der Waals surface area (Å²) >= 11 is 0. The lowest BCUT2D eigenvalue weighted by atomic mass is 9.99. The van der Waals surface area contributed by atoms with Crippen molar-refractivity contribution in [3.05, 3.63) is 22.8 Å². The number of benzene rings is 1. The summed E-state index contributed by atoms with van der Waals surface area (Å²) in [5, 5.41) is 0. The molecule has 0 unspecified atom stereocenters. The lowest BCUT2D eigenvalue weighted by Gasteiger charge is -2.26. The molecule has 0 spiro atoms. The van der Waals surface area contributed by atoms with Gasteiger partial charge in [0.1, 0.15) is 8.07 Å². The normalized spacial score (nSPS) is 10.8. The Hall–Kier alpha value is -1.40. The van der Waals surface area contributed by atoms with Gasteiger partial charge < -0.3 is 9.80 Å². The van der Waals surface area contributed by atoms with E-state index >= 15 is 0 Å². The third-order valence-electron chi connectivity index (χ3n) is 3.29. The third-order valence-corrected chi connectivity index (χ3v) is 4.17. The molecule has 0 bridgehead atoms. The van der Waals surface area contributed by atoms with Crippen molar-refractivity contribution in [2.24, 2.45) is 0 Å². The van der Waals surface area contributed by atoms with Crippen LogP contribution in [0.5, 0.6) is 0 Å². The number of hydrogen-bond acceptors (Lipinski definition) is 2. The first kappa shape index (κ1) is 16.7. The van der Waals surface area contributed by atoms with Crippen molar-refractivity contribution in [1.29, 1.82) is 0 Å². The Kier molecular flexibility index (Phi) is 4.93. The van der Waals surface area contributed by atoms with Crippen LogP contribution in [0.25, 0.3) is 0 Å². The molecule has 3 heteroatoms. The van der Waals surface area contributed by atoms with Crippen LogP contribution in [0.3, 0.4) is 0 Å². The molecule has 0 saturated carbocycles. The van der Waals surface area contributed by atoms with Crippen LogP contribution in [0.15, 0.2) is 6.07 Å². The molecule has 20 heavy (non-hydrogen) atoms. The molecule has 1 aromatic rings. The minimum atomic E-state index is -1.38. The standard InChI is InChI=1S/C17H28N2Si/c1-13-12-16(18(3)4)17(19(5)6)15(14(13)2)10-11-20(7,8)9/h12H,1-9H3. The maximum absolute atomic E-state index is 3.51. The maximum Gasteiger partial charge on any atom is 0.129 e. The predicted molar refractivity (Wildman–Crippen MR) is 94.8 cm³/mol. The zero-order chi connectivity index (χ0) is 15.7. The zero-order valence-electron chi connectivity index (χ0n) is 14.5. The zero-order valence-corrected chi connectivity index (χ0v) is 15.5. The smallest absolute Gasteiger partial charge is 0.129 e. The van der Waals surface area contributed by atoms with E-state index in [4.69, 9.17) is 0 Å². The van der Waals surface area contributed by atoms with Crippen molar-refractivity contribution in [2.75, 3.05) is 38.0 Å². The Labute approximate surface area is 125 Å². The largest absolute Gasteiger partial charge is 0.376 e. The topological polar surface area (TPSA) is 6.48 Å². The highest BCUT2D eigenvalue weighted by Gasteiger charge is 2.16. The van der Waals surface area contributed by atoms with Crippen LogP contribution in [-0.4, -0.2) is 36.3 Å². The lowest BCUT2D eigenvalue weighted by Crippen LogP contribution is -2.20. The molecule has 2 nitrogen and oxygen atoms in total. The van der Waals surface area contributed by atoms with Gasteiger partial charge in [-0.05, 0) is 31.0 Å². The van der Waals surface area contributed by atoms with E-state index in [1.807, 2.05) is 0 Å². The molecule has 1 aromatic carbocycles. The SMILES string of the molecule is Cc1cc(N(C)C)c(N(C)C)c(C#C[Si](C)(C)C)c1C. The Morgan fingerprint density at radius 2 is 1.50 bits per heavy atom. The average Bonchev–Trinajstić information content (AvgIpc) is 2.28. The molecule has 0 fully saturated rings. The molecule has 0 saturated heterocycles. The summed E-state index contributed by atoms with van der Waals surface area (Å²) in [6, 6.07) is 2.25. The Balaban J connectivity index is 3.65. The molecule has 0 atom stereocenters. The highest BCUT2D eigenvalue weighted by atomic mass is 28.3. The molecule has 1 rings (SSSR count). The molecule has 0 N–H and O–H groups in total. The third kappa shape index (κ3) is 3.80. The van der Waals surface area contributed by atoms with Gasteiger partial charge in [0.05, 0.1) is 16.9 Å². The Morgan fingerprint density at radius 1 is 0.950 bits per heavy atom. The fourth-order valence-electron chi connectivity index (χ4n) is 2.08. The van der Waals surface area contributed by atoms with Crippen molar-refractivity contribution in [1.82, 2.24) is 0 Å². The number of anilines is 2. The molecule has 0 aliphatic heterocycles. The van der Waals surface area contributed by atoms with Gasteiger partial charge in [0.15, 0.2) is 0 Å². The summed E-state index contributed by atoms with van der Waals surface area (Å²) < 4.78 is 0. The van der Waals surface area contributed by atoms with Gasteiger partial charge in [-0.1, -0.05) is 25.6 Å². The van der Waals surface area contributed by atoms with Gasteiger partial charge in [-0.3, -0.25) is 0 Å². The van der Waals surface area contributed by atoms with Crippen LogP contribution in [0.1, 0.15) is 16.7 Å². The fourth-order valence-corrected chi connectivity index (χ4v) is 2.58. The molecular formula is C17H28N2Si. The van der Waals surface area contributed by atoms with E-state index in [0.29, 0.717) is 0 Å². The summed E-state index contributed by atoms with van der Waals surface area (Å²) in [6.07, 6.45) is 0. The molecule has 110 valence electrons. The summed E-state index contributed by atoms with van der Waals surface area (Å²) in [4.78, 5) is 4.34. The summed E-state index contributed by atoms with van der Waals surface area (Å²) in [6.45, 7) is 11.2. The Bertz CT molecular complexity index is 555. The van der Waals surface area contributed by atoms with Gasteiger partial charge in [-0.2, -0.15) is 0 Å². The van der Waals surface area contributed by atoms with Gasteiger partial charge in [0.25, 0.3) is 0 Å². The van der Waals surface area contributed by atoms with Crippen LogP contribution in [0.2, 0.25) is 19.6 Å². The monoisotopic (exact) mass is 288 g/mol. The van der Waals surface area contributed by atoms with Gasteiger partial charge in [-0.15, -0.1) is 5.54 Å². The van der Waals surface area contributed by atoms with Crippen LogP contribution in [-0.2, 0) is 0 Å². The molecule has 0 aromatic heterocycles. The summed E-state index contributed by atoms with van der Waals surface area (Å²) in [5.41, 5.74) is 9.75. The molecule has 0 amide bonds. The van der Waals surface area contributed by atoms with Crippen molar-refractivity contribution in [3.8, 4) is 11.5 Å². The van der Waals surface area contributed by atoms with Crippen molar-refractivity contribution >= 4 is 19.4 Å². The van der Waals surface area contributed by atoms with Crippen LogP contribution in [0.4, 0.5) is 11.4 Å². The van der Waals surface area contributed by atoms with E-state index in [1.165, 1.54) is 28.1 Å². The minimum Gasteiger partial charge on any atom is -0.376 e. The Morgan fingerprint density at radius 3 is 1.90 bits per heavy atom. The molecule has 0 radical (unpaired) electrons. The first-order valence-electron chi connectivity index (χ1n) is 7.06. The molecule has 0 aliphatic carbocycles. The lowest BCUT2D eigenvalue weighted by molar-refractivity contribution is 1.06. The first-order chi connectivity index (χ1) is 9.04. The second kappa shape index (κ2) is 5.93. The molecular weight excluding hydrogens is 260 g/mol. The predicted octanol–water partition coefficient (Wildman–Crippen LogP) is 3.66. The first-order valence-corrected chi connectivity index (χ1v) is 10.6. The molecule has 0 aliphatic rings. The number of aryl methyl sites for hydroxylation is 1. The number of nitrogens with zero attached hydrogens (tertiary/aromatic N) is 2. The van der Waals surface area contributed by atoms with Crippen LogP contribution >= 0.6 is 0 Å². The molecule has 0 heterocycles. The summed E-state index contributed by atoms with van der Waals surface area (Å²) in [5.74, 6) is 3.48. The van der Waals surface area contributed by atoms with E-state index in [0.717, 1.165) is 0 Å². The fraction of sp³-hybridized carbons (Fsp3) is 0.529.